The molecule has 3 N–H and O–H groups in total. The second-order valence-electron chi connectivity index (χ2n) is 2.45. The van der Waals surface area contributed by atoms with Gasteiger partial charge in [0.1, 0.15) is 0 Å². The van der Waals surface area contributed by atoms with Crippen molar-refractivity contribution in [2.75, 3.05) is 11.9 Å². The molecule has 5 heteroatoms. The van der Waals surface area contributed by atoms with Crippen molar-refractivity contribution in [3.8, 4) is 0 Å². The summed E-state index contributed by atoms with van der Waals surface area (Å²) in [5, 5.41) is 2.90. The summed E-state index contributed by atoms with van der Waals surface area (Å²) < 4.78 is 2.13. The Bertz CT molecular complexity index is 330. The third-order valence-electron chi connectivity index (χ3n) is 1.39. The molecule has 0 atom stereocenters. The smallest absolute Gasteiger partial charge is 0.236 e. The number of benzene rings is 1. The summed E-state index contributed by atoms with van der Waals surface area (Å²) in [5.41, 5.74) is 5.87. The maximum atomic E-state index is 10.5. The number of hydrogen-bond donors (Lipinski definition) is 2. The van der Waals surface area contributed by atoms with E-state index in [0.29, 0.717) is 0 Å². The van der Waals surface area contributed by atoms with Crippen LogP contribution < -0.4 is 11.1 Å². The molecule has 0 aliphatic rings. The minimum Gasteiger partial charge on any atom is -0.376 e. The van der Waals surface area contributed by atoms with Gasteiger partial charge in [-0.15, -0.1) is 0 Å². The van der Waals surface area contributed by atoms with Crippen LogP contribution in [0.2, 0.25) is 0 Å². The molecular formula is C8H8BrIN2O. The second-order valence-corrected chi connectivity index (χ2v) is 4.47. The van der Waals surface area contributed by atoms with E-state index in [2.05, 4.69) is 43.8 Å². The van der Waals surface area contributed by atoms with Gasteiger partial charge in [0, 0.05) is 13.7 Å². The number of hydrogen-bond acceptors (Lipinski definition) is 2. The average Bonchev–Trinajstić information content (AvgIpc) is 2.07. The number of primary amides is 1. The molecule has 0 unspecified atom stereocenters. The minimum absolute atomic E-state index is 0.160. The summed E-state index contributed by atoms with van der Waals surface area (Å²) in [7, 11) is 0. The predicted molar refractivity (Wildman–Crippen MR) is 64.5 cm³/mol. The highest BCUT2D eigenvalue weighted by Gasteiger charge is 1.98. The lowest BCUT2D eigenvalue weighted by Crippen LogP contribution is -2.21. The lowest BCUT2D eigenvalue weighted by molar-refractivity contribution is -0.116. The molecule has 0 heterocycles. The van der Waals surface area contributed by atoms with Crippen LogP contribution in [0.3, 0.4) is 0 Å². The normalized spacial score (nSPS) is 9.69. The molecule has 13 heavy (non-hydrogen) atoms. The average molecular weight is 355 g/mol. The molecule has 0 radical (unpaired) electrons. The standard InChI is InChI=1S/C8H8BrIN2O/c9-6-3-5(1-2-7(6)10)12-4-8(11)13/h1-3,12H,4H2,(H2,11,13). The fourth-order valence-electron chi connectivity index (χ4n) is 0.795. The molecule has 0 aliphatic carbocycles. The first-order valence-electron chi connectivity index (χ1n) is 3.57. The Labute approximate surface area is 98.3 Å². The predicted octanol–water partition coefficient (Wildman–Crippen LogP) is 1.95. The molecule has 1 rings (SSSR count). The van der Waals surface area contributed by atoms with Crippen molar-refractivity contribution in [3.63, 3.8) is 0 Å². The van der Waals surface area contributed by atoms with E-state index in [1.54, 1.807) is 0 Å². The zero-order chi connectivity index (χ0) is 9.84. The third kappa shape index (κ3) is 3.51. The van der Waals surface area contributed by atoms with Gasteiger partial charge in [-0.1, -0.05) is 0 Å². The van der Waals surface area contributed by atoms with E-state index in [4.69, 9.17) is 5.73 Å². The fraction of sp³-hybridized carbons (Fsp3) is 0.125. The Morgan fingerprint density at radius 1 is 1.62 bits per heavy atom. The number of nitrogens with two attached hydrogens (primary N) is 1. The number of carbonyl (C=O) groups excluding carboxylic acids is 1. The van der Waals surface area contributed by atoms with E-state index in [1.807, 2.05) is 18.2 Å². The van der Waals surface area contributed by atoms with Crippen LogP contribution in [0, 0.1) is 3.57 Å². The molecule has 0 fully saturated rings. The van der Waals surface area contributed by atoms with Gasteiger partial charge in [-0.25, -0.2) is 0 Å². The Hall–Kier alpha value is -0.300. The Kier molecular flexibility index (Phi) is 3.98. The molecule has 0 saturated heterocycles. The molecule has 1 amide bonds. The van der Waals surface area contributed by atoms with E-state index in [1.165, 1.54) is 0 Å². The number of amides is 1. The lowest BCUT2D eigenvalue weighted by Gasteiger charge is -2.04. The largest absolute Gasteiger partial charge is 0.376 e. The number of halogens is 2. The summed E-state index contributed by atoms with van der Waals surface area (Å²) in [4.78, 5) is 10.5. The van der Waals surface area contributed by atoms with Crippen LogP contribution in [0.5, 0.6) is 0 Å². The van der Waals surface area contributed by atoms with Crippen LogP contribution in [-0.2, 0) is 4.79 Å². The van der Waals surface area contributed by atoms with Crippen molar-refractivity contribution in [1.82, 2.24) is 0 Å². The molecule has 70 valence electrons. The van der Waals surface area contributed by atoms with E-state index in [0.717, 1.165) is 13.7 Å². The topological polar surface area (TPSA) is 55.1 Å². The summed E-state index contributed by atoms with van der Waals surface area (Å²) in [6.45, 7) is 0.160. The second kappa shape index (κ2) is 4.80. The SMILES string of the molecule is NC(=O)CNc1ccc(I)c(Br)c1. The maximum absolute atomic E-state index is 10.5. The molecule has 3 nitrogen and oxygen atoms in total. The van der Waals surface area contributed by atoms with E-state index < -0.39 is 0 Å². The molecule has 0 aromatic heterocycles. The van der Waals surface area contributed by atoms with Crippen LogP contribution in [0.1, 0.15) is 0 Å². The summed E-state index contributed by atoms with van der Waals surface area (Å²) in [6.07, 6.45) is 0. The van der Waals surface area contributed by atoms with Crippen molar-refractivity contribution in [2.45, 2.75) is 0 Å². The van der Waals surface area contributed by atoms with Gasteiger partial charge in [-0.2, -0.15) is 0 Å². The van der Waals surface area contributed by atoms with Gasteiger partial charge < -0.3 is 11.1 Å². The van der Waals surface area contributed by atoms with Gasteiger partial charge in [0.2, 0.25) is 5.91 Å². The van der Waals surface area contributed by atoms with E-state index >= 15 is 0 Å². The highest BCUT2D eigenvalue weighted by atomic mass is 127. The molecule has 0 aliphatic heterocycles. The maximum Gasteiger partial charge on any atom is 0.236 e. The number of rotatable bonds is 3. The van der Waals surface area contributed by atoms with Gasteiger partial charge >= 0.3 is 0 Å². The first-order valence-corrected chi connectivity index (χ1v) is 5.44. The first-order chi connectivity index (χ1) is 6.09. The third-order valence-corrected chi connectivity index (χ3v) is 3.72. The summed E-state index contributed by atoms with van der Waals surface area (Å²) >= 11 is 5.61. The highest BCUT2D eigenvalue weighted by Crippen LogP contribution is 2.22. The quantitative estimate of drug-likeness (QED) is 0.815. The Balaban J connectivity index is 2.68. The van der Waals surface area contributed by atoms with Crippen LogP contribution >= 0.6 is 38.5 Å². The summed E-state index contributed by atoms with van der Waals surface area (Å²) in [5.74, 6) is -0.366. The fourth-order valence-corrected chi connectivity index (χ4v) is 1.51. The van der Waals surface area contributed by atoms with Gasteiger partial charge in [-0.05, 0) is 56.7 Å². The first kappa shape index (κ1) is 10.8. The molecule has 0 saturated carbocycles. The van der Waals surface area contributed by atoms with Crippen molar-refractivity contribution in [1.29, 1.82) is 0 Å². The van der Waals surface area contributed by atoms with Crippen molar-refractivity contribution < 1.29 is 4.79 Å². The van der Waals surface area contributed by atoms with Gasteiger partial charge in [0.15, 0.2) is 0 Å². The van der Waals surface area contributed by atoms with Crippen molar-refractivity contribution in [2.24, 2.45) is 5.73 Å². The monoisotopic (exact) mass is 354 g/mol. The molecule has 0 spiro atoms. The number of carbonyl (C=O) groups is 1. The number of nitrogens with one attached hydrogen (secondary N) is 1. The van der Waals surface area contributed by atoms with E-state index in [-0.39, 0.29) is 12.5 Å². The van der Waals surface area contributed by atoms with Crippen LogP contribution in [0.4, 0.5) is 5.69 Å². The molecule has 1 aromatic carbocycles. The lowest BCUT2D eigenvalue weighted by atomic mass is 10.3. The zero-order valence-electron chi connectivity index (χ0n) is 6.68. The number of anilines is 1. The summed E-state index contributed by atoms with van der Waals surface area (Å²) in [6, 6.07) is 5.76. The molecular weight excluding hydrogens is 347 g/mol. The molecule has 1 aromatic rings. The van der Waals surface area contributed by atoms with E-state index in [9.17, 15) is 4.79 Å². The van der Waals surface area contributed by atoms with Gasteiger partial charge in [0.05, 0.1) is 6.54 Å². The highest BCUT2D eigenvalue weighted by molar-refractivity contribution is 14.1. The Morgan fingerprint density at radius 3 is 2.85 bits per heavy atom. The zero-order valence-corrected chi connectivity index (χ0v) is 10.4. The van der Waals surface area contributed by atoms with Crippen molar-refractivity contribution in [3.05, 3.63) is 26.2 Å². The van der Waals surface area contributed by atoms with Crippen molar-refractivity contribution >= 4 is 50.1 Å². The van der Waals surface area contributed by atoms with Crippen LogP contribution in [0.25, 0.3) is 0 Å². The minimum atomic E-state index is -0.366. The van der Waals surface area contributed by atoms with Gasteiger partial charge in [0.25, 0.3) is 0 Å². The van der Waals surface area contributed by atoms with Gasteiger partial charge in [-0.3, -0.25) is 4.79 Å². The van der Waals surface area contributed by atoms with Crippen LogP contribution in [0.15, 0.2) is 22.7 Å². The van der Waals surface area contributed by atoms with Crippen LogP contribution in [-0.4, -0.2) is 12.5 Å². The Morgan fingerprint density at radius 2 is 2.31 bits per heavy atom. The molecule has 0 bridgehead atoms.